The molecule has 0 aliphatic heterocycles. The molecule has 0 amide bonds. The van der Waals surface area contributed by atoms with Gasteiger partial charge in [0.2, 0.25) is 0 Å². The minimum atomic E-state index is -0.283. The van der Waals surface area contributed by atoms with Crippen molar-refractivity contribution < 1.29 is 9.18 Å². The number of ketones is 1. The van der Waals surface area contributed by atoms with E-state index in [1.54, 1.807) is 19.1 Å². The largest absolute Gasteiger partial charge is 0.361 e. The highest BCUT2D eigenvalue weighted by molar-refractivity contribution is 6.27. The lowest BCUT2D eigenvalue weighted by Gasteiger charge is -2.11. The SMILES string of the molecule is CC(=O)C(=C(C)c1ccc(F)cc1)c1ccc2[nH]ccc2c1. The molecule has 3 aromatic rings. The molecule has 0 saturated carbocycles. The van der Waals surface area contributed by atoms with Crippen LogP contribution in [0.25, 0.3) is 22.0 Å². The van der Waals surface area contributed by atoms with E-state index in [0.717, 1.165) is 27.6 Å². The van der Waals surface area contributed by atoms with E-state index in [0.29, 0.717) is 5.57 Å². The molecule has 0 radical (unpaired) electrons. The number of carbonyl (C=O) groups excluding carboxylic acids is 1. The van der Waals surface area contributed by atoms with E-state index in [2.05, 4.69) is 4.98 Å². The van der Waals surface area contributed by atoms with E-state index < -0.39 is 0 Å². The quantitative estimate of drug-likeness (QED) is 0.544. The Morgan fingerprint density at radius 1 is 0.955 bits per heavy atom. The molecule has 1 heterocycles. The summed E-state index contributed by atoms with van der Waals surface area (Å²) >= 11 is 0. The van der Waals surface area contributed by atoms with Gasteiger partial charge in [0.15, 0.2) is 5.78 Å². The molecule has 3 heteroatoms. The molecule has 0 aliphatic carbocycles. The Morgan fingerprint density at radius 3 is 2.32 bits per heavy atom. The lowest BCUT2D eigenvalue weighted by Crippen LogP contribution is -1.99. The summed E-state index contributed by atoms with van der Waals surface area (Å²) < 4.78 is 13.1. The van der Waals surface area contributed by atoms with Crippen molar-refractivity contribution in [1.82, 2.24) is 4.98 Å². The number of carbonyl (C=O) groups is 1. The van der Waals surface area contributed by atoms with Crippen molar-refractivity contribution in [1.29, 1.82) is 0 Å². The van der Waals surface area contributed by atoms with Gasteiger partial charge in [0.1, 0.15) is 5.82 Å². The van der Waals surface area contributed by atoms with E-state index in [1.165, 1.54) is 12.1 Å². The van der Waals surface area contributed by atoms with E-state index in [1.807, 2.05) is 37.4 Å². The predicted molar refractivity (Wildman–Crippen MR) is 87.9 cm³/mol. The van der Waals surface area contributed by atoms with Crippen molar-refractivity contribution in [2.45, 2.75) is 13.8 Å². The van der Waals surface area contributed by atoms with Crippen molar-refractivity contribution in [3.05, 3.63) is 71.7 Å². The minimum absolute atomic E-state index is 0.00305. The smallest absolute Gasteiger partial charge is 0.160 e. The Kier molecular flexibility index (Phi) is 3.63. The molecular formula is C19H16FNO. The van der Waals surface area contributed by atoms with Gasteiger partial charge in [0, 0.05) is 17.3 Å². The maximum atomic E-state index is 13.1. The third-order valence-corrected chi connectivity index (χ3v) is 3.85. The number of benzene rings is 2. The number of halogens is 1. The van der Waals surface area contributed by atoms with Crippen molar-refractivity contribution in [2.75, 3.05) is 0 Å². The maximum Gasteiger partial charge on any atom is 0.160 e. The molecule has 0 saturated heterocycles. The minimum Gasteiger partial charge on any atom is -0.361 e. The summed E-state index contributed by atoms with van der Waals surface area (Å²) in [6, 6.07) is 14.1. The van der Waals surface area contributed by atoms with Gasteiger partial charge in [0.05, 0.1) is 0 Å². The van der Waals surface area contributed by atoms with Crippen LogP contribution in [-0.4, -0.2) is 10.8 Å². The lowest BCUT2D eigenvalue weighted by molar-refractivity contribution is -0.111. The zero-order valence-electron chi connectivity index (χ0n) is 12.5. The van der Waals surface area contributed by atoms with Gasteiger partial charge in [-0.2, -0.15) is 0 Å². The van der Waals surface area contributed by atoms with Crippen molar-refractivity contribution in [2.24, 2.45) is 0 Å². The maximum absolute atomic E-state index is 13.1. The molecule has 1 aromatic heterocycles. The van der Waals surface area contributed by atoms with Crippen molar-refractivity contribution in [3.63, 3.8) is 0 Å². The summed E-state index contributed by atoms with van der Waals surface area (Å²) in [5.74, 6) is -0.286. The summed E-state index contributed by atoms with van der Waals surface area (Å²) in [7, 11) is 0. The van der Waals surface area contributed by atoms with E-state index in [4.69, 9.17) is 0 Å². The van der Waals surface area contributed by atoms with Gasteiger partial charge >= 0.3 is 0 Å². The Labute approximate surface area is 128 Å². The highest BCUT2D eigenvalue weighted by Crippen LogP contribution is 2.29. The van der Waals surface area contributed by atoms with Gasteiger partial charge < -0.3 is 4.98 Å². The molecule has 0 unspecified atom stereocenters. The third-order valence-electron chi connectivity index (χ3n) is 3.85. The Morgan fingerprint density at radius 2 is 1.64 bits per heavy atom. The van der Waals surface area contributed by atoms with Crippen LogP contribution in [-0.2, 0) is 4.79 Å². The number of Topliss-reactive ketones (excluding diaryl/α,β-unsaturated/α-hetero) is 1. The molecule has 0 fully saturated rings. The molecule has 110 valence electrons. The van der Waals surface area contributed by atoms with Crippen LogP contribution in [0.5, 0.6) is 0 Å². The summed E-state index contributed by atoms with van der Waals surface area (Å²) in [4.78, 5) is 15.3. The van der Waals surface area contributed by atoms with E-state index in [9.17, 15) is 9.18 Å². The highest BCUT2D eigenvalue weighted by atomic mass is 19.1. The molecule has 1 N–H and O–H groups in total. The molecule has 0 bridgehead atoms. The summed E-state index contributed by atoms with van der Waals surface area (Å²) in [5, 5.41) is 1.06. The van der Waals surface area contributed by atoms with E-state index in [-0.39, 0.29) is 11.6 Å². The number of hydrogen-bond donors (Lipinski definition) is 1. The van der Waals surface area contributed by atoms with Crippen LogP contribution in [0.1, 0.15) is 25.0 Å². The van der Waals surface area contributed by atoms with Crippen LogP contribution >= 0.6 is 0 Å². The summed E-state index contributed by atoms with van der Waals surface area (Å²) in [5.41, 5.74) is 4.27. The fourth-order valence-corrected chi connectivity index (χ4v) is 2.74. The van der Waals surface area contributed by atoms with Gasteiger partial charge in [-0.3, -0.25) is 4.79 Å². The molecule has 22 heavy (non-hydrogen) atoms. The van der Waals surface area contributed by atoms with Crippen LogP contribution in [0.2, 0.25) is 0 Å². The number of hydrogen-bond acceptors (Lipinski definition) is 1. The molecular weight excluding hydrogens is 277 g/mol. The van der Waals surface area contributed by atoms with Crippen LogP contribution in [0.4, 0.5) is 4.39 Å². The predicted octanol–water partition coefficient (Wildman–Crippen LogP) is 4.83. The number of aromatic amines is 1. The average Bonchev–Trinajstić information content (AvgIpc) is 2.95. The highest BCUT2D eigenvalue weighted by Gasteiger charge is 2.13. The zero-order chi connectivity index (χ0) is 15.7. The molecule has 2 aromatic carbocycles. The summed E-state index contributed by atoms with van der Waals surface area (Å²) in [6.45, 7) is 3.45. The Balaban J connectivity index is 2.17. The number of aromatic nitrogens is 1. The van der Waals surface area contributed by atoms with Gasteiger partial charge in [-0.25, -0.2) is 4.39 Å². The van der Waals surface area contributed by atoms with Crippen molar-refractivity contribution in [3.8, 4) is 0 Å². The van der Waals surface area contributed by atoms with Crippen LogP contribution < -0.4 is 0 Å². The summed E-state index contributed by atoms with van der Waals surface area (Å²) in [6.07, 6.45) is 1.87. The van der Waals surface area contributed by atoms with Crippen LogP contribution in [0.3, 0.4) is 0 Å². The van der Waals surface area contributed by atoms with Crippen LogP contribution in [0, 0.1) is 5.82 Å². The van der Waals surface area contributed by atoms with E-state index >= 15 is 0 Å². The number of nitrogens with one attached hydrogen (secondary N) is 1. The second kappa shape index (κ2) is 5.60. The van der Waals surface area contributed by atoms with Gasteiger partial charge in [0.25, 0.3) is 0 Å². The molecule has 3 rings (SSSR count). The number of fused-ring (bicyclic) bond motifs is 1. The normalized spacial score (nSPS) is 12.3. The standard InChI is InChI=1S/C19H16FNO/c1-12(14-3-6-17(20)7-4-14)19(13(2)22)16-5-8-18-15(11-16)9-10-21-18/h3-11,21H,1-2H3. The van der Waals surface area contributed by atoms with Gasteiger partial charge in [-0.15, -0.1) is 0 Å². The first-order valence-electron chi connectivity index (χ1n) is 7.11. The fourth-order valence-electron chi connectivity index (χ4n) is 2.74. The first-order chi connectivity index (χ1) is 10.6. The fraction of sp³-hybridized carbons (Fsp3) is 0.105. The lowest BCUT2D eigenvalue weighted by atomic mass is 9.92. The van der Waals surface area contributed by atoms with Gasteiger partial charge in [-0.1, -0.05) is 18.2 Å². The third kappa shape index (κ3) is 2.58. The monoisotopic (exact) mass is 293 g/mol. The number of rotatable bonds is 3. The molecule has 0 spiro atoms. The van der Waals surface area contributed by atoms with Crippen LogP contribution in [0.15, 0.2) is 54.7 Å². The second-order valence-electron chi connectivity index (χ2n) is 5.34. The van der Waals surface area contributed by atoms with Crippen molar-refractivity contribution >= 4 is 27.8 Å². The molecule has 0 aliphatic rings. The molecule has 2 nitrogen and oxygen atoms in total. The zero-order valence-corrected chi connectivity index (χ0v) is 12.5. The Bertz CT molecular complexity index is 872. The number of H-pyrrole nitrogens is 1. The topological polar surface area (TPSA) is 32.9 Å². The second-order valence-corrected chi connectivity index (χ2v) is 5.34. The first-order valence-corrected chi connectivity index (χ1v) is 7.11. The molecule has 0 atom stereocenters. The first kappa shape index (κ1) is 14.3. The number of allylic oxidation sites excluding steroid dienone is 2. The average molecular weight is 293 g/mol. The van der Waals surface area contributed by atoms with Gasteiger partial charge in [-0.05, 0) is 66.3 Å². The Hall–Kier alpha value is -2.68.